The van der Waals surface area contributed by atoms with Crippen molar-refractivity contribution in [2.75, 3.05) is 0 Å². The van der Waals surface area contributed by atoms with E-state index in [1.165, 1.54) is 23.7 Å². The van der Waals surface area contributed by atoms with Gasteiger partial charge in [-0.15, -0.1) is 26.6 Å². The van der Waals surface area contributed by atoms with E-state index in [4.69, 9.17) is 0 Å². The number of aryl methyl sites for hydroxylation is 1. The number of amides is 1. The second kappa shape index (κ2) is 8.61. The van der Waals surface area contributed by atoms with Gasteiger partial charge in [0.1, 0.15) is 12.0 Å². The van der Waals surface area contributed by atoms with Gasteiger partial charge >= 0.3 is 6.18 Å². The lowest BCUT2D eigenvalue weighted by Crippen LogP contribution is -2.28. The molecule has 0 aliphatic rings. The highest BCUT2D eigenvalue weighted by Crippen LogP contribution is 2.31. The van der Waals surface area contributed by atoms with Crippen LogP contribution in [0.2, 0.25) is 0 Å². The van der Waals surface area contributed by atoms with Gasteiger partial charge in [0.2, 0.25) is 0 Å². The van der Waals surface area contributed by atoms with Gasteiger partial charge < -0.3 is 10.3 Å². The highest BCUT2D eigenvalue weighted by atomic mass is 32.1. The maximum atomic E-state index is 13.2. The van der Waals surface area contributed by atoms with Crippen LogP contribution < -0.4 is 5.32 Å². The molecule has 2 N–H and O–H groups in total. The number of carbonyl (C=O) groups excluding carboxylic acids is 1. The summed E-state index contributed by atoms with van der Waals surface area (Å²) < 4.78 is 42.3. The normalized spacial score (nSPS) is 12.8. The standard InChI is InChI=1S/C21H18F3N9OS/c1-11-3-4-17(35-11)16-8-25-19-15(33-14(7-27-31-33)6-21(22,23)24)5-13(9-32(16)19)20(34)29-12(2)18-26-10-28-30-18/h3-5,7-10,12H,6H2,1-2H3,(H,29,34)(H,26,28,30). The van der Waals surface area contributed by atoms with Crippen LogP contribution in [0.3, 0.4) is 0 Å². The zero-order valence-corrected chi connectivity index (χ0v) is 19.2. The number of pyridine rings is 1. The van der Waals surface area contributed by atoms with Crippen LogP contribution in [-0.4, -0.2) is 51.6 Å². The fourth-order valence-electron chi connectivity index (χ4n) is 3.66. The SMILES string of the molecule is Cc1ccc(-c2cnc3c(-n4nncc4CC(F)(F)F)cc(C(=O)NC(C)c4nnc[nH]4)cn23)s1. The van der Waals surface area contributed by atoms with E-state index in [0.29, 0.717) is 17.2 Å². The topological polar surface area (TPSA) is 119 Å². The Morgan fingerprint density at radius 3 is 2.77 bits per heavy atom. The Hall–Kier alpha value is -4.07. The van der Waals surface area contributed by atoms with Gasteiger partial charge in [-0.2, -0.15) is 13.2 Å². The number of nitrogens with zero attached hydrogens (tertiary/aromatic N) is 7. The maximum absolute atomic E-state index is 13.2. The predicted molar refractivity (Wildman–Crippen MR) is 120 cm³/mol. The third-order valence-corrected chi connectivity index (χ3v) is 6.29. The molecule has 5 rings (SSSR count). The van der Waals surface area contributed by atoms with Crippen molar-refractivity contribution in [3.63, 3.8) is 0 Å². The van der Waals surface area contributed by atoms with E-state index in [1.807, 2.05) is 19.1 Å². The van der Waals surface area contributed by atoms with Crippen LogP contribution in [0.1, 0.15) is 39.7 Å². The van der Waals surface area contributed by atoms with Crippen LogP contribution in [0.25, 0.3) is 21.9 Å². The molecular weight excluding hydrogens is 483 g/mol. The van der Waals surface area contributed by atoms with Crippen molar-refractivity contribution in [3.8, 4) is 16.3 Å². The third kappa shape index (κ3) is 4.51. The summed E-state index contributed by atoms with van der Waals surface area (Å²) in [6.45, 7) is 3.69. The van der Waals surface area contributed by atoms with E-state index in [9.17, 15) is 18.0 Å². The van der Waals surface area contributed by atoms with E-state index < -0.39 is 24.5 Å². The molecule has 0 spiro atoms. The Labute approximate surface area is 199 Å². The molecule has 10 nitrogen and oxygen atoms in total. The fourth-order valence-corrected chi connectivity index (χ4v) is 4.54. The van der Waals surface area contributed by atoms with Gasteiger partial charge in [0, 0.05) is 11.1 Å². The van der Waals surface area contributed by atoms with E-state index >= 15 is 0 Å². The first-order chi connectivity index (χ1) is 16.7. The minimum absolute atomic E-state index is 0.177. The number of imidazole rings is 1. The van der Waals surface area contributed by atoms with Crippen LogP contribution in [0.4, 0.5) is 13.2 Å². The van der Waals surface area contributed by atoms with Crippen molar-refractivity contribution in [1.82, 2.24) is 44.9 Å². The first kappa shape index (κ1) is 22.7. The monoisotopic (exact) mass is 501 g/mol. The Bertz CT molecular complexity index is 1500. The number of fused-ring (bicyclic) bond motifs is 1. The Kier molecular flexibility index (Phi) is 5.59. The van der Waals surface area contributed by atoms with Crippen molar-refractivity contribution < 1.29 is 18.0 Å². The van der Waals surface area contributed by atoms with Crippen LogP contribution >= 0.6 is 11.3 Å². The molecule has 0 aliphatic heterocycles. The number of H-pyrrole nitrogens is 1. The van der Waals surface area contributed by atoms with E-state index in [2.05, 4.69) is 35.8 Å². The second-order valence-electron chi connectivity index (χ2n) is 7.86. The lowest BCUT2D eigenvalue weighted by atomic mass is 10.2. The molecule has 1 amide bonds. The Morgan fingerprint density at radius 1 is 1.26 bits per heavy atom. The number of carbonyl (C=O) groups is 1. The summed E-state index contributed by atoms with van der Waals surface area (Å²) in [6.07, 6.45) is -0.0392. The Balaban J connectivity index is 1.64. The van der Waals surface area contributed by atoms with Gasteiger partial charge in [-0.25, -0.2) is 9.67 Å². The summed E-state index contributed by atoms with van der Waals surface area (Å²) in [5.41, 5.74) is 1.24. The molecule has 0 saturated heterocycles. The highest BCUT2D eigenvalue weighted by Gasteiger charge is 2.31. The molecule has 5 aromatic rings. The summed E-state index contributed by atoms with van der Waals surface area (Å²) in [7, 11) is 0. The number of nitrogens with one attached hydrogen (secondary N) is 2. The van der Waals surface area contributed by atoms with Crippen molar-refractivity contribution in [2.45, 2.75) is 32.5 Å². The van der Waals surface area contributed by atoms with Crippen LogP contribution in [0, 0.1) is 6.92 Å². The molecule has 5 heterocycles. The molecule has 14 heteroatoms. The molecule has 1 unspecified atom stereocenters. The minimum Gasteiger partial charge on any atom is -0.342 e. The first-order valence-electron chi connectivity index (χ1n) is 10.4. The van der Waals surface area contributed by atoms with Crippen molar-refractivity contribution in [3.05, 3.63) is 65.1 Å². The van der Waals surface area contributed by atoms with E-state index in [-0.39, 0.29) is 16.9 Å². The number of hydrogen-bond donors (Lipinski definition) is 2. The summed E-state index contributed by atoms with van der Waals surface area (Å²) in [4.78, 5) is 22.4. The number of alkyl halides is 3. The number of rotatable bonds is 6. The molecule has 0 fully saturated rings. The van der Waals surface area contributed by atoms with Crippen molar-refractivity contribution in [2.24, 2.45) is 0 Å². The predicted octanol–water partition coefficient (Wildman–Crippen LogP) is 3.67. The van der Waals surface area contributed by atoms with Gasteiger partial charge in [0.15, 0.2) is 11.5 Å². The zero-order valence-electron chi connectivity index (χ0n) is 18.4. The summed E-state index contributed by atoms with van der Waals surface area (Å²) in [6, 6.07) is 4.84. The van der Waals surface area contributed by atoms with E-state index in [0.717, 1.165) is 20.6 Å². The van der Waals surface area contributed by atoms with Crippen LogP contribution in [-0.2, 0) is 6.42 Å². The molecular formula is C21H18F3N9OS. The molecule has 0 aromatic carbocycles. The first-order valence-corrected chi connectivity index (χ1v) is 11.2. The number of aromatic nitrogens is 8. The largest absolute Gasteiger partial charge is 0.394 e. The van der Waals surface area contributed by atoms with Gasteiger partial charge in [-0.05, 0) is 32.0 Å². The van der Waals surface area contributed by atoms with Gasteiger partial charge in [-0.3, -0.25) is 9.20 Å². The molecule has 0 aliphatic carbocycles. The van der Waals surface area contributed by atoms with Gasteiger partial charge in [0.25, 0.3) is 5.91 Å². The second-order valence-corrected chi connectivity index (χ2v) is 9.15. The molecule has 0 saturated carbocycles. The third-order valence-electron chi connectivity index (χ3n) is 5.26. The molecule has 180 valence electrons. The van der Waals surface area contributed by atoms with Crippen LogP contribution in [0.15, 0.2) is 43.1 Å². The summed E-state index contributed by atoms with van der Waals surface area (Å²) >= 11 is 1.53. The Morgan fingerprint density at radius 2 is 2.09 bits per heavy atom. The average molecular weight is 501 g/mol. The fraction of sp³-hybridized carbons (Fsp3) is 0.238. The molecule has 0 radical (unpaired) electrons. The zero-order chi connectivity index (χ0) is 24.7. The van der Waals surface area contributed by atoms with Crippen LogP contribution in [0.5, 0.6) is 0 Å². The summed E-state index contributed by atoms with van der Waals surface area (Å²) in [5, 5.41) is 18.0. The molecule has 35 heavy (non-hydrogen) atoms. The lowest BCUT2D eigenvalue weighted by Gasteiger charge is -2.14. The average Bonchev–Trinajstić information content (AvgIpc) is 3.58. The van der Waals surface area contributed by atoms with Gasteiger partial charge in [-0.1, -0.05) is 5.21 Å². The number of thiophene rings is 1. The van der Waals surface area contributed by atoms with E-state index in [1.54, 1.807) is 23.7 Å². The number of halogens is 3. The molecule has 1 atom stereocenters. The molecule has 5 aromatic heterocycles. The quantitative estimate of drug-likeness (QED) is 0.367. The molecule has 0 bridgehead atoms. The lowest BCUT2D eigenvalue weighted by molar-refractivity contribution is -0.128. The number of aromatic amines is 1. The van der Waals surface area contributed by atoms with Gasteiger partial charge in [0.05, 0.1) is 46.7 Å². The minimum atomic E-state index is -4.47. The summed E-state index contributed by atoms with van der Waals surface area (Å²) in [5.74, 6) is -0.00248. The van der Waals surface area contributed by atoms with Crippen molar-refractivity contribution in [1.29, 1.82) is 0 Å². The smallest absolute Gasteiger partial charge is 0.342 e. The maximum Gasteiger partial charge on any atom is 0.394 e. The van der Waals surface area contributed by atoms with Crippen molar-refractivity contribution >= 4 is 22.9 Å². The number of hydrogen-bond acceptors (Lipinski definition) is 7. The highest BCUT2D eigenvalue weighted by molar-refractivity contribution is 7.15.